The van der Waals surface area contributed by atoms with Crippen LogP contribution in [-0.2, 0) is 11.3 Å². The van der Waals surface area contributed by atoms with Crippen LogP contribution < -0.4 is 10.5 Å². The molecule has 0 radical (unpaired) electrons. The van der Waals surface area contributed by atoms with Crippen molar-refractivity contribution >= 4 is 11.7 Å². The number of ether oxygens (including phenoxy) is 2. The molecule has 0 saturated heterocycles. The second-order valence-electron chi connectivity index (χ2n) is 4.06. The number of methoxy groups -OCH3 is 1. The Morgan fingerprint density at radius 3 is 2.79 bits per heavy atom. The van der Waals surface area contributed by atoms with E-state index < -0.39 is 5.97 Å². The summed E-state index contributed by atoms with van der Waals surface area (Å²) >= 11 is 0. The highest BCUT2D eigenvalue weighted by Gasteiger charge is 2.11. The number of carbonyl (C=O) groups excluding carboxylic acids is 1. The van der Waals surface area contributed by atoms with Crippen LogP contribution in [0.25, 0.3) is 0 Å². The van der Waals surface area contributed by atoms with Crippen LogP contribution in [0, 0.1) is 6.92 Å². The number of aryl methyl sites for hydroxylation is 1. The lowest BCUT2D eigenvalue weighted by Crippen LogP contribution is -1.99. The van der Waals surface area contributed by atoms with Gasteiger partial charge in [0.2, 0.25) is 5.76 Å². The normalized spacial score (nSPS) is 10.2. The van der Waals surface area contributed by atoms with Crippen molar-refractivity contribution in [2.75, 3.05) is 12.8 Å². The van der Waals surface area contributed by atoms with Crippen LogP contribution in [0.3, 0.4) is 0 Å². The van der Waals surface area contributed by atoms with Gasteiger partial charge in [-0.05, 0) is 42.8 Å². The van der Waals surface area contributed by atoms with Gasteiger partial charge in [-0.15, -0.1) is 0 Å². The molecular weight excluding hydrogens is 246 g/mol. The quantitative estimate of drug-likeness (QED) is 0.676. The van der Waals surface area contributed by atoms with E-state index in [1.165, 1.54) is 7.11 Å². The molecule has 0 aliphatic rings. The lowest BCUT2D eigenvalue weighted by molar-refractivity contribution is 0.0561. The number of hydrogen-bond donors (Lipinski definition) is 1. The summed E-state index contributed by atoms with van der Waals surface area (Å²) in [7, 11) is 1.30. The zero-order valence-electron chi connectivity index (χ0n) is 10.8. The smallest absolute Gasteiger partial charge is 0.373 e. The summed E-state index contributed by atoms with van der Waals surface area (Å²) in [6, 6.07) is 8.65. The van der Waals surface area contributed by atoms with Crippen LogP contribution in [0.1, 0.15) is 21.9 Å². The van der Waals surface area contributed by atoms with E-state index in [4.69, 9.17) is 14.9 Å². The van der Waals surface area contributed by atoms with E-state index in [9.17, 15) is 4.79 Å². The first-order chi connectivity index (χ1) is 9.10. The second-order valence-corrected chi connectivity index (χ2v) is 4.06. The Hall–Kier alpha value is -2.43. The number of hydrogen-bond acceptors (Lipinski definition) is 5. The number of rotatable bonds is 4. The van der Waals surface area contributed by atoms with Gasteiger partial charge in [0.15, 0.2) is 0 Å². The molecule has 1 aromatic carbocycles. The summed E-state index contributed by atoms with van der Waals surface area (Å²) < 4.78 is 15.4. The van der Waals surface area contributed by atoms with E-state index in [0.29, 0.717) is 11.5 Å². The zero-order chi connectivity index (χ0) is 13.8. The first-order valence-electron chi connectivity index (χ1n) is 5.76. The maximum atomic E-state index is 11.2. The third kappa shape index (κ3) is 3.07. The number of esters is 1. The molecule has 0 spiro atoms. The molecule has 1 heterocycles. The monoisotopic (exact) mass is 261 g/mol. The highest BCUT2D eigenvalue weighted by Crippen LogP contribution is 2.20. The summed E-state index contributed by atoms with van der Waals surface area (Å²) in [4.78, 5) is 11.2. The predicted octanol–water partition coefficient (Wildman–Crippen LogP) is 2.54. The Balaban J connectivity index is 2.00. The Bertz CT molecular complexity index is 589. The molecule has 0 bridgehead atoms. The average molecular weight is 261 g/mol. The van der Waals surface area contributed by atoms with E-state index >= 15 is 0 Å². The van der Waals surface area contributed by atoms with Crippen molar-refractivity contribution in [3.05, 3.63) is 47.4 Å². The topological polar surface area (TPSA) is 74.7 Å². The minimum atomic E-state index is -0.505. The number of carbonyl (C=O) groups is 1. The van der Waals surface area contributed by atoms with Crippen LogP contribution in [0.4, 0.5) is 5.69 Å². The predicted molar refractivity (Wildman–Crippen MR) is 70.0 cm³/mol. The van der Waals surface area contributed by atoms with Crippen molar-refractivity contribution in [1.82, 2.24) is 0 Å². The maximum absolute atomic E-state index is 11.2. The highest BCUT2D eigenvalue weighted by molar-refractivity contribution is 5.86. The number of benzene rings is 1. The van der Waals surface area contributed by atoms with E-state index in [1.807, 2.05) is 13.0 Å². The largest absolute Gasteiger partial charge is 0.486 e. The van der Waals surface area contributed by atoms with Gasteiger partial charge in [0, 0.05) is 5.69 Å². The summed E-state index contributed by atoms with van der Waals surface area (Å²) in [5, 5.41) is 0. The average Bonchev–Trinajstić information content (AvgIpc) is 2.88. The molecule has 5 heteroatoms. The molecule has 0 aliphatic heterocycles. The fourth-order valence-electron chi connectivity index (χ4n) is 1.56. The van der Waals surface area contributed by atoms with Gasteiger partial charge in [0.05, 0.1) is 7.11 Å². The van der Waals surface area contributed by atoms with Crippen molar-refractivity contribution in [2.45, 2.75) is 13.5 Å². The van der Waals surface area contributed by atoms with Crippen LogP contribution in [0.15, 0.2) is 34.7 Å². The number of anilines is 1. The molecule has 2 rings (SSSR count). The van der Waals surface area contributed by atoms with Gasteiger partial charge in [0.1, 0.15) is 18.1 Å². The zero-order valence-corrected chi connectivity index (χ0v) is 10.8. The van der Waals surface area contributed by atoms with Gasteiger partial charge in [-0.25, -0.2) is 4.79 Å². The molecule has 0 aliphatic carbocycles. The summed E-state index contributed by atoms with van der Waals surface area (Å²) in [6.45, 7) is 2.14. The molecule has 0 atom stereocenters. The highest BCUT2D eigenvalue weighted by atomic mass is 16.5. The van der Waals surface area contributed by atoms with Crippen molar-refractivity contribution < 1.29 is 18.7 Å². The van der Waals surface area contributed by atoms with Gasteiger partial charge in [0.25, 0.3) is 0 Å². The number of nitrogens with two attached hydrogens (primary N) is 1. The molecule has 0 amide bonds. The second kappa shape index (κ2) is 5.48. The van der Waals surface area contributed by atoms with Crippen LogP contribution in [0.2, 0.25) is 0 Å². The standard InChI is InChI=1S/C14H15NO4/c1-9-7-10(3-5-12(9)15)18-8-11-4-6-13(19-11)14(16)17-2/h3-7H,8,15H2,1-2H3. The van der Waals surface area contributed by atoms with E-state index in [-0.39, 0.29) is 12.4 Å². The van der Waals surface area contributed by atoms with Crippen LogP contribution in [-0.4, -0.2) is 13.1 Å². The van der Waals surface area contributed by atoms with Gasteiger partial charge >= 0.3 is 5.97 Å². The third-order valence-electron chi connectivity index (χ3n) is 2.67. The van der Waals surface area contributed by atoms with E-state index in [2.05, 4.69) is 4.74 Å². The van der Waals surface area contributed by atoms with Crippen molar-refractivity contribution in [2.24, 2.45) is 0 Å². The fourth-order valence-corrected chi connectivity index (χ4v) is 1.56. The van der Waals surface area contributed by atoms with E-state index in [1.54, 1.807) is 24.3 Å². The minimum absolute atomic E-state index is 0.162. The fraction of sp³-hybridized carbons (Fsp3) is 0.214. The Morgan fingerprint density at radius 2 is 2.11 bits per heavy atom. The molecule has 0 saturated carbocycles. The molecule has 5 nitrogen and oxygen atoms in total. The molecule has 2 N–H and O–H groups in total. The Labute approximate surface area is 110 Å². The molecule has 2 aromatic rings. The van der Waals surface area contributed by atoms with E-state index in [0.717, 1.165) is 11.3 Å². The molecule has 0 unspecified atom stereocenters. The molecular formula is C14H15NO4. The van der Waals surface area contributed by atoms with Crippen LogP contribution >= 0.6 is 0 Å². The molecule has 1 aromatic heterocycles. The SMILES string of the molecule is COC(=O)c1ccc(COc2ccc(N)c(C)c2)o1. The van der Waals surface area contributed by atoms with Gasteiger partial charge in [-0.2, -0.15) is 0 Å². The first kappa shape index (κ1) is 13.0. The lowest BCUT2D eigenvalue weighted by Gasteiger charge is -2.06. The lowest BCUT2D eigenvalue weighted by atomic mass is 10.2. The molecule has 0 fully saturated rings. The van der Waals surface area contributed by atoms with Gasteiger partial charge in [-0.3, -0.25) is 0 Å². The molecule has 19 heavy (non-hydrogen) atoms. The first-order valence-corrected chi connectivity index (χ1v) is 5.76. The summed E-state index contributed by atoms with van der Waals surface area (Å²) in [5.41, 5.74) is 7.39. The minimum Gasteiger partial charge on any atom is -0.486 e. The van der Waals surface area contributed by atoms with Gasteiger partial charge < -0.3 is 19.6 Å². The van der Waals surface area contributed by atoms with Crippen molar-refractivity contribution in [3.8, 4) is 5.75 Å². The van der Waals surface area contributed by atoms with Crippen molar-refractivity contribution in [3.63, 3.8) is 0 Å². The van der Waals surface area contributed by atoms with Crippen molar-refractivity contribution in [1.29, 1.82) is 0 Å². The summed E-state index contributed by atoms with van der Waals surface area (Å²) in [5.74, 6) is 0.904. The van der Waals surface area contributed by atoms with Crippen LogP contribution in [0.5, 0.6) is 5.75 Å². The van der Waals surface area contributed by atoms with Gasteiger partial charge in [-0.1, -0.05) is 0 Å². The Kier molecular flexibility index (Phi) is 3.75. The molecule has 100 valence electrons. The number of nitrogen functional groups attached to an aromatic ring is 1. The maximum Gasteiger partial charge on any atom is 0.373 e. The third-order valence-corrected chi connectivity index (χ3v) is 2.67. The summed E-state index contributed by atoms with van der Waals surface area (Å²) in [6.07, 6.45) is 0. The Morgan fingerprint density at radius 1 is 1.32 bits per heavy atom. The number of furan rings is 1.